The number of rotatable bonds is 3. The van der Waals surface area contributed by atoms with Gasteiger partial charge in [0, 0.05) is 5.39 Å². The molecule has 3 nitrogen and oxygen atoms in total. The van der Waals surface area contributed by atoms with Gasteiger partial charge in [-0.2, -0.15) is 0 Å². The first kappa shape index (κ1) is 9.80. The van der Waals surface area contributed by atoms with Crippen LogP contribution in [0.4, 0.5) is 0 Å². The molecule has 0 saturated carbocycles. The van der Waals surface area contributed by atoms with E-state index in [-0.39, 0.29) is 19.0 Å². The van der Waals surface area contributed by atoms with Crippen LogP contribution in [0.1, 0.15) is 0 Å². The second-order valence-electron chi connectivity index (χ2n) is 3.23. The van der Waals surface area contributed by atoms with E-state index in [9.17, 15) is 5.11 Å². The Bertz CT molecular complexity index is 465. The van der Waals surface area contributed by atoms with Gasteiger partial charge in [0.1, 0.15) is 18.1 Å². The number of aliphatic hydroxyl groups is 1. The lowest BCUT2D eigenvalue weighted by molar-refractivity contribution is 0.201. The molecule has 78 valence electrons. The number of benzene rings is 2. The van der Waals surface area contributed by atoms with Gasteiger partial charge in [-0.3, -0.25) is 0 Å². The molecule has 0 radical (unpaired) electrons. The van der Waals surface area contributed by atoms with E-state index in [2.05, 4.69) is 0 Å². The third-order valence-electron chi connectivity index (χ3n) is 2.19. The summed E-state index contributed by atoms with van der Waals surface area (Å²) in [5.41, 5.74) is 0. The summed E-state index contributed by atoms with van der Waals surface area (Å²) in [5.74, 6) is 0.889. The van der Waals surface area contributed by atoms with Crippen LogP contribution in [0, 0.1) is 0 Å². The zero-order valence-electron chi connectivity index (χ0n) is 8.18. The number of fused-ring (bicyclic) bond motifs is 1. The third kappa shape index (κ3) is 2.02. The van der Waals surface area contributed by atoms with Crippen LogP contribution in [0.15, 0.2) is 36.4 Å². The molecule has 2 aromatic rings. The lowest BCUT2D eigenvalue weighted by atomic mass is 10.1. The van der Waals surface area contributed by atoms with Crippen LogP contribution in [0.5, 0.6) is 11.5 Å². The van der Waals surface area contributed by atoms with Crippen molar-refractivity contribution in [1.82, 2.24) is 0 Å². The number of aromatic hydroxyl groups is 1. The van der Waals surface area contributed by atoms with Crippen molar-refractivity contribution in [2.24, 2.45) is 0 Å². The normalized spacial score (nSPS) is 10.5. The largest absolute Gasteiger partial charge is 0.507 e. The molecule has 0 unspecified atom stereocenters. The van der Waals surface area contributed by atoms with Gasteiger partial charge in [0.05, 0.1) is 6.61 Å². The second kappa shape index (κ2) is 4.19. The third-order valence-corrected chi connectivity index (χ3v) is 2.19. The maximum Gasteiger partial charge on any atom is 0.123 e. The van der Waals surface area contributed by atoms with Gasteiger partial charge in [-0.15, -0.1) is 0 Å². The first-order chi connectivity index (χ1) is 7.31. The Hall–Kier alpha value is -1.74. The quantitative estimate of drug-likeness (QED) is 0.803. The monoisotopic (exact) mass is 204 g/mol. The summed E-state index contributed by atoms with van der Waals surface area (Å²) in [6, 6.07) is 10.8. The van der Waals surface area contributed by atoms with Crippen LogP contribution in [0.25, 0.3) is 10.8 Å². The topological polar surface area (TPSA) is 49.7 Å². The highest BCUT2D eigenvalue weighted by Gasteiger charge is 2.00. The number of phenols is 1. The summed E-state index contributed by atoms with van der Waals surface area (Å²) in [4.78, 5) is 0. The average Bonchev–Trinajstić information content (AvgIpc) is 2.27. The fourth-order valence-electron chi connectivity index (χ4n) is 1.49. The van der Waals surface area contributed by atoms with Crippen molar-refractivity contribution in [1.29, 1.82) is 0 Å². The smallest absolute Gasteiger partial charge is 0.123 e. The molecule has 0 aromatic heterocycles. The Morgan fingerprint density at radius 1 is 1.13 bits per heavy atom. The van der Waals surface area contributed by atoms with E-state index in [1.165, 1.54) is 0 Å². The molecule has 2 N–H and O–H groups in total. The number of aliphatic hydroxyl groups excluding tert-OH is 1. The molecule has 0 atom stereocenters. The molecule has 0 aliphatic carbocycles. The van der Waals surface area contributed by atoms with E-state index in [1.807, 2.05) is 18.2 Å². The van der Waals surface area contributed by atoms with Gasteiger partial charge in [-0.05, 0) is 23.6 Å². The summed E-state index contributed by atoms with van der Waals surface area (Å²) >= 11 is 0. The first-order valence-corrected chi connectivity index (χ1v) is 4.76. The number of hydrogen-bond acceptors (Lipinski definition) is 3. The van der Waals surface area contributed by atoms with Crippen molar-refractivity contribution in [3.63, 3.8) is 0 Å². The van der Waals surface area contributed by atoms with E-state index in [1.54, 1.807) is 18.2 Å². The molecule has 0 fully saturated rings. The SMILES string of the molecule is OCCOc1ccc2cccc(O)c2c1. The van der Waals surface area contributed by atoms with Gasteiger partial charge in [-0.25, -0.2) is 0 Å². The van der Waals surface area contributed by atoms with Gasteiger partial charge >= 0.3 is 0 Å². The maximum absolute atomic E-state index is 9.62. The zero-order valence-corrected chi connectivity index (χ0v) is 8.18. The Kier molecular flexibility index (Phi) is 2.74. The molecule has 2 rings (SSSR count). The van der Waals surface area contributed by atoms with Crippen molar-refractivity contribution < 1.29 is 14.9 Å². The van der Waals surface area contributed by atoms with E-state index in [0.717, 1.165) is 10.8 Å². The molecule has 2 aromatic carbocycles. The van der Waals surface area contributed by atoms with Crippen LogP contribution in [-0.2, 0) is 0 Å². The summed E-state index contributed by atoms with van der Waals surface area (Å²) in [5, 5.41) is 20.0. The molecular weight excluding hydrogens is 192 g/mol. The van der Waals surface area contributed by atoms with E-state index < -0.39 is 0 Å². The molecule has 0 aliphatic rings. The van der Waals surface area contributed by atoms with Crippen LogP contribution < -0.4 is 4.74 Å². The molecule has 0 saturated heterocycles. The van der Waals surface area contributed by atoms with Crippen LogP contribution >= 0.6 is 0 Å². The highest BCUT2D eigenvalue weighted by atomic mass is 16.5. The minimum Gasteiger partial charge on any atom is -0.507 e. The lowest BCUT2D eigenvalue weighted by Gasteiger charge is -2.06. The fourth-order valence-corrected chi connectivity index (χ4v) is 1.49. The number of phenolic OH excluding ortho intramolecular Hbond substituents is 1. The number of hydrogen-bond donors (Lipinski definition) is 2. The molecule has 0 amide bonds. The van der Waals surface area contributed by atoms with Crippen LogP contribution in [-0.4, -0.2) is 23.4 Å². The molecule has 0 heterocycles. The zero-order chi connectivity index (χ0) is 10.7. The predicted molar refractivity (Wildman–Crippen MR) is 58.2 cm³/mol. The fraction of sp³-hybridized carbons (Fsp3) is 0.167. The minimum atomic E-state index is -0.0151. The van der Waals surface area contributed by atoms with Gasteiger partial charge in [0.2, 0.25) is 0 Å². The van der Waals surface area contributed by atoms with Gasteiger partial charge in [0.25, 0.3) is 0 Å². The average molecular weight is 204 g/mol. The second-order valence-corrected chi connectivity index (χ2v) is 3.23. The van der Waals surface area contributed by atoms with Crippen molar-refractivity contribution in [3.05, 3.63) is 36.4 Å². The van der Waals surface area contributed by atoms with Gasteiger partial charge < -0.3 is 14.9 Å². The predicted octanol–water partition coefficient (Wildman–Crippen LogP) is 1.92. The van der Waals surface area contributed by atoms with Gasteiger partial charge in [-0.1, -0.05) is 18.2 Å². The molecule has 0 aliphatic heterocycles. The molecule has 3 heteroatoms. The molecular formula is C12H12O3. The summed E-state index contributed by atoms with van der Waals surface area (Å²) in [6.07, 6.45) is 0. The van der Waals surface area contributed by atoms with Crippen molar-refractivity contribution in [3.8, 4) is 11.5 Å². The molecule has 0 bridgehead atoms. The summed E-state index contributed by atoms with van der Waals surface area (Å²) in [6.45, 7) is 0.248. The maximum atomic E-state index is 9.62. The summed E-state index contributed by atoms with van der Waals surface area (Å²) < 4.78 is 5.26. The molecule has 0 spiro atoms. The van der Waals surface area contributed by atoms with Crippen molar-refractivity contribution >= 4 is 10.8 Å². The Morgan fingerprint density at radius 2 is 2.00 bits per heavy atom. The standard InChI is InChI=1S/C12H12O3/c13-6-7-15-10-5-4-9-2-1-3-12(14)11(9)8-10/h1-5,8,13-14H,6-7H2. The van der Waals surface area contributed by atoms with Gasteiger partial charge in [0.15, 0.2) is 0 Å². The molecule has 15 heavy (non-hydrogen) atoms. The lowest BCUT2D eigenvalue weighted by Crippen LogP contribution is -2.01. The first-order valence-electron chi connectivity index (χ1n) is 4.76. The van der Waals surface area contributed by atoms with E-state index >= 15 is 0 Å². The van der Waals surface area contributed by atoms with Crippen LogP contribution in [0.3, 0.4) is 0 Å². The number of ether oxygens (including phenoxy) is 1. The Balaban J connectivity index is 2.41. The Labute approximate surface area is 87.5 Å². The minimum absolute atomic E-state index is 0.0151. The van der Waals surface area contributed by atoms with Crippen molar-refractivity contribution in [2.45, 2.75) is 0 Å². The van der Waals surface area contributed by atoms with E-state index in [0.29, 0.717) is 5.75 Å². The Morgan fingerprint density at radius 3 is 2.80 bits per heavy atom. The van der Waals surface area contributed by atoms with E-state index in [4.69, 9.17) is 9.84 Å². The highest BCUT2D eigenvalue weighted by molar-refractivity contribution is 5.89. The highest BCUT2D eigenvalue weighted by Crippen LogP contribution is 2.27. The summed E-state index contributed by atoms with van der Waals surface area (Å²) in [7, 11) is 0. The van der Waals surface area contributed by atoms with Crippen molar-refractivity contribution in [2.75, 3.05) is 13.2 Å². The van der Waals surface area contributed by atoms with Crippen LogP contribution in [0.2, 0.25) is 0 Å².